The summed E-state index contributed by atoms with van der Waals surface area (Å²) in [5.74, 6) is 0.296. The molecule has 6 heteroatoms. The molecule has 0 spiro atoms. The minimum Gasteiger partial charge on any atom is -0.365 e. The van der Waals surface area contributed by atoms with Crippen LogP contribution in [-0.2, 0) is 15.0 Å². The van der Waals surface area contributed by atoms with Crippen LogP contribution >= 0.6 is 0 Å². The number of ether oxygens (including phenoxy) is 1. The molecule has 2 aromatic carbocycles. The highest BCUT2D eigenvalue weighted by Gasteiger charge is 2.47. The average Bonchev–Trinajstić information content (AvgIpc) is 3.27. The fourth-order valence-electron chi connectivity index (χ4n) is 2.47. The normalized spacial score (nSPS) is 25.4. The largest absolute Gasteiger partial charge is 0.428 e. The summed E-state index contributed by atoms with van der Waals surface area (Å²) < 4.78 is 37.7. The van der Waals surface area contributed by atoms with Crippen molar-refractivity contribution in [2.24, 2.45) is 4.40 Å². The second-order valence-electron chi connectivity index (χ2n) is 4.87. The van der Waals surface area contributed by atoms with E-state index in [1.165, 1.54) is 0 Å². The number of nitrogens with zero attached hydrogens (tertiary/aromatic N) is 1. The summed E-state index contributed by atoms with van der Waals surface area (Å²) in [6.45, 7) is 0. The Morgan fingerprint density at radius 2 is 1.62 bits per heavy atom. The van der Waals surface area contributed by atoms with Gasteiger partial charge in [0, 0.05) is 5.56 Å². The van der Waals surface area contributed by atoms with E-state index in [2.05, 4.69) is 4.40 Å². The average molecular weight is 301 g/mol. The fraction of sp³-hybridized carbons (Fsp3) is 0.133. The summed E-state index contributed by atoms with van der Waals surface area (Å²) in [6.07, 6.45) is -0.515. The molecule has 0 saturated carbocycles. The molecule has 0 aromatic heterocycles. The molecule has 2 heterocycles. The van der Waals surface area contributed by atoms with Gasteiger partial charge in [0.15, 0.2) is 5.75 Å². The van der Waals surface area contributed by atoms with Crippen molar-refractivity contribution in [3.8, 4) is 5.75 Å². The van der Waals surface area contributed by atoms with Crippen molar-refractivity contribution < 1.29 is 17.3 Å². The van der Waals surface area contributed by atoms with Crippen molar-refractivity contribution in [2.75, 3.05) is 0 Å². The smallest absolute Gasteiger partial charge is 0.365 e. The highest BCUT2D eigenvalue weighted by atomic mass is 32.2. The van der Waals surface area contributed by atoms with E-state index in [1.54, 1.807) is 18.2 Å². The maximum Gasteiger partial charge on any atom is 0.428 e. The molecular weight excluding hydrogens is 290 g/mol. The van der Waals surface area contributed by atoms with Crippen LogP contribution in [0.25, 0.3) is 0 Å². The summed E-state index contributed by atoms with van der Waals surface area (Å²) in [7, 11) is -3.95. The van der Waals surface area contributed by atoms with E-state index in [0.717, 1.165) is 5.56 Å². The first-order valence-electron chi connectivity index (χ1n) is 6.48. The van der Waals surface area contributed by atoms with Gasteiger partial charge in [0.1, 0.15) is 17.9 Å². The lowest BCUT2D eigenvalue weighted by atomic mass is 10.0. The van der Waals surface area contributed by atoms with E-state index in [-0.39, 0.29) is 12.2 Å². The summed E-state index contributed by atoms with van der Waals surface area (Å²) >= 11 is 0. The summed E-state index contributed by atoms with van der Waals surface area (Å²) in [6, 6.07) is 16.6. The monoisotopic (exact) mass is 301 g/mol. The molecule has 2 atom stereocenters. The molecule has 0 bridgehead atoms. The molecule has 0 aliphatic carbocycles. The first-order valence-corrected chi connectivity index (χ1v) is 7.85. The predicted octanol–water partition coefficient (Wildman–Crippen LogP) is 2.25. The molecule has 106 valence electrons. The second-order valence-corrected chi connectivity index (χ2v) is 6.08. The Hall–Kier alpha value is -2.18. The van der Waals surface area contributed by atoms with Crippen LogP contribution in [0, 0.1) is 0 Å². The standard InChI is InChI=1S/C15H11NO4S/c17-21(18)16-13(11-8-4-5-9-12(11)20-21)15-14(19-15)10-6-2-1-3-7-10/h1-9,14-15H. The highest BCUT2D eigenvalue weighted by molar-refractivity contribution is 7.86. The summed E-state index contributed by atoms with van der Waals surface area (Å²) in [5.41, 5.74) is 2.08. The first kappa shape index (κ1) is 12.6. The van der Waals surface area contributed by atoms with Crippen LogP contribution in [0.5, 0.6) is 5.75 Å². The van der Waals surface area contributed by atoms with Crippen molar-refractivity contribution >= 4 is 16.0 Å². The molecule has 21 heavy (non-hydrogen) atoms. The number of fused-ring (bicyclic) bond motifs is 1. The molecular formula is C15H11NO4S. The van der Waals surface area contributed by atoms with E-state index < -0.39 is 10.3 Å². The zero-order valence-electron chi connectivity index (χ0n) is 10.8. The number of epoxide rings is 1. The summed E-state index contributed by atoms with van der Waals surface area (Å²) in [5, 5.41) is 0. The van der Waals surface area contributed by atoms with Crippen molar-refractivity contribution in [1.29, 1.82) is 0 Å². The Kier molecular flexibility index (Phi) is 2.63. The molecule has 2 unspecified atom stereocenters. The van der Waals surface area contributed by atoms with Gasteiger partial charge in [-0.15, -0.1) is 4.40 Å². The molecule has 2 aromatic rings. The van der Waals surface area contributed by atoms with Gasteiger partial charge in [-0.2, -0.15) is 8.42 Å². The topological polar surface area (TPSA) is 68.3 Å². The van der Waals surface area contributed by atoms with Crippen LogP contribution in [-0.4, -0.2) is 20.2 Å². The minimum atomic E-state index is -3.95. The molecule has 0 radical (unpaired) electrons. The van der Waals surface area contributed by atoms with Crippen LogP contribution in [0.2, 0.25) is 0 Å². The predicted molar refractivity (Wildman–Crippen MR) is 76.6 cm³/mol. The quantitative estimate of drug-likeness (QED) is 0.798. The zero-order chi connectivity index (χ0) is 14.4. The highest BCUT2D eigenvalue weighted by Crippen LogP contribution is 2.43. The molecule has 2 aliphatic heterocycles. The number of rotatable bonds is 2. The lowest BCUT2D eigenvalue weighted by Crippen LogP contribution is -2.22. The molecule has 2 aliphatic rings. The van der Waals surface area contributed by atoms with Crippen LogP contribution in [0.15, 0.2) is 59.0 Å². The van der Waals surface area contributed by atoms with Gasteiger partial charge in [0.2, 0.25) is 0 Å². The fourth-order valence-corrected chi connectivity index (χ4v) is 3.33. The van der Waals surface area contributed by atoms with Crippen molar-refractivity contribution in [3.63, 3.8) is 0 Å². The SMILES string of the molecule is O=S1(=O)N=C(C2OC2c2ccccc2)c2ccccc2O1. The van der Waals surface area contributed by atoms with Gasteiger partial charge in [-0.05, 0) is 17.7 Å². The molecule has 0 N–H and O–H groups in total. The Morgan fingerprint density at radius 3 is 2.43 bits per heavy atom. The van der Waals surface area contributed by atoms with E-state index >= 15 is 0 Å². The third-order valence-corrected chi connectivity index (χ3v) is 4.27. The Morgan fingerprint density at radius 1 is 0.905 bits per heavy atom. The Balaban J connectivity index is 1.74. The van der Waals surface area contributed by atoms with Crippen molar-refractivity contribution in [1.82, 2.24) is 0 Å². The zero-order valence-corrected chi connectivity index (χ0v) is 11.7. The van der Waals surface area contributed by atoms with E-state index in [4.69, 9.17) is 8.92 Å². The van der Waals surface area contributed by atoms with Crippen LogP contribution in [0.3, 0.4) is 0 Å². The van der Waals surface area contributed by atoms with Gasteiger partial charge in [0.25, 0.3) is 0 Å². The molecule has 4 rings (SSSR count). The van der Waals surface area contributed by atoms with Gasteiger partial charge in [0.05, 0.1) is 0 Å². The number of benzene rings is 2. The van der Waals surface area contributed by atoms with Crippen molar-refractivity contribution in [2.45, 2.75) is 12.2 Å². The van der Waals surface area contributed by atoms with Gasteiger partial charge in [-0.1, -0.05) is 42.5 Å². The Bertz CT molecular complexity index is 830. The lowest BCUT2D eigenvalue weighted by molar-refractivity contribution is 0.399. The third kappa shape index (κ3) is 2.22. The van der Waals surface area contributed by atoms with E-state index in [1.807, 2.05) is 36.4 Å². The number of hydrogen-bond donors (Lipinski definition) is 0. The molecule has 0 amide bonds. The summed E-state index contributed by atoms with van der Waals surface area (Å²) in [4.78, 5) is 0. The van der Waals surface area contributed by atoms with Crippen LogP contribution in [0.1, 0.15) is 17.2 Å². The van der Waals surface area contributed by atoms with Crippen molar-refractivity contribution in [3.05, 3.63) is 65.7 Å². The maximum absolute atomic E-state index is 11.7. The van der Waals surface area contributed by atoms with E-state index in [9.17, 15) is 8.42 Å². The molecule has 1 fully saturated rings. The number of hydrogen-bond acceptors (Lipinski definition) is 4. The lowest BCUT2D eigenvalue weighted by Gasteiger charge is -2.15. The Labute approximate surface area is 122 Å². The van der Waals surface area contributed by atoms with E-state index in [0.29, 0.717) is 17.0 Å². The molecule has 5 nitrogen and oxygen atoms in total. The van der Waals surface area contributed by atoms with Gasteiger partial charge in [-0.3, -0.25) is 0 Å². The number of para-hydroxylation sites is 1. The maximum atomic E-state index is 11.7. The van der Waals surface area contributed by atoms with Gasteiger partial charge in [-0.25, -0.2) is 0 Å². The van der Waals surface area contributed by atoms with Crippen LogP contribution < -0.4 is 4.18 Å². The third-order valence-electron chi connectivity index (χ3n) is 3.46. The minimum absolute atomic E-state index is 0.161. The van der Waals surface area contributed by atoms with Crippen LogP contribution in [0.4, 0.5) is 0 Å². The van der Waals surface area contributed by atoms with Gasteiger partial charge >= 0.3 is 10.3 Å². The first-order chi connectivity index (χ1) is 10.1. The van der Waals surface area contributed by atoms with Gasteiger partial charge < -0.3 is 8.92 Å². The molecule has 1 saturated heterocycles. The second kappa shape index (κ2) is 4.41.